The molecule has 0 fully saturated rings. The van der Waals surface area contributed by atoms with E-state index in [0.717, 1.165) is 27.4 Å². The highest BCUT2D eigenvalue weighted by Gasteiger charge is 2.22. The first-order valence-corrected chi connectivity index (χ1v) is 9.87. The SMILES string of the molecule is CC(=O)NC1=NC(=O)C(=Cc2ccc(OCc3ccccc3Cl)c(Br)c2)S1. The van der Waals surface area contributed by atoms with Gasteiger partial charge in [0.1, 0.15) is 12.4 Å². The molecule has 0 spiro atoms. The summed E-state index contributed by atoms with van der Waals surface area (Å²) >= 11 is 10.7. The van der Waals surface area contributed by atoms with Crippen molar-refractivity contribution >= 4 is 62.4 Å². The summed E-state index contributed by atoms with van der Waals surface area (Å²) in [6, 6.07) is 13.0. The molecule has 1 aliphatic rings. The van der Waals surface area contributed by atoms with Crippen molar-refractivity contribution in [2.24, 2.45) is 4.99 Å². The number of hydrogen-bond donors (Lipinski definition) is 1. The van der Waals surface area contributed by atoms with E-state index in [1.807, 2.05) is 42.5 Å². The van der Waals surface area contributed by atoms with Gasteiger partial charge in [-0.3, -0.25) is 9.59 Å². The summed E-state index contributed by atoms with van der Waals surface area (Å²) in [6.07, 6.45) is 1.72. The molecule has 0 saturated heterocycles. The molecule has 138 valence electrons. The van der Waals surface area contributed by atoms with Crippen molar-refractivity contribution in [3.8, 4) is 5.75 Å². The lowest BCUT2D eigenvalue weighted by atomic mass is 10.2. The van der Waals surface area contributed by atoms with E-state index in [1.54, 1.807) is 6.08 Å². The quantitative estimate of drug-likeness (QED) is 0.659. The van der Waals surface area contributed by atoms with E-state index in [1.165, 1.54) is 6.92 Å². The summed E-state index contributed by atoms with van der Waals surface area (Å²) in [5.41, 5.74) is 1.70. The number of amidine groups is 1. The smallest absolute Gasteiger partial charge is 0.286 e. The molecule has 5 nitrogen and oxygen atoms in total. The summed E-state index contributed by atoms with van der Waals surface area (Å²) in [6.45, 7) is 1.72. The molecule has 3 rings (SSSR count). The maximum atomic E-state index is 11.9. The number of carbonyl (C=O) groups is 2. The number of rotatable bonds is 4. The Morgan fingerprint density at radius 2 is 2.11 bits per heavy atom. The topological polar surface area (TPSA) is 67.8 Å². The zero-order chi connectivity index (χ0) is 19.4. The fraction of sp³-hybridized carbons (Fsp3) is 0.105. The number of halogens is 2. The minimum Gasteiger partial charge on any atom is -0.488 e. The Hall–Kier alpha value is -2.09. The second-order valence-electron chi connectivity index (χ2n) is 5.58. The van der Waals surface area contributed by atoms with Crippen LogP contribution in [0.4, 0.5) is 0 Å². The molecule has 0 unspecified atom stereocenters. The molecule has 2 aromatic rings. The Morgan fingerprint density at radius 1 is 1.33 bits per heavy atom. The molecule has 1 N–H and O–H groups in total. The van der Waals surface area contributed by atoms with Crippen LogP contribution in [0.1, 0.15) is 18.1 Å². The van der Waals surface area contributed by atoms with Crippen LogP contribution >= 0.6 is 39.3 Å². The normalized spacial score (nSPS) is 15.0. The fourth-order valence-electron chi connectivity index (χ4n) is 2.26. The summed E-state index contributed by atoms with van der Waals surface area (Å²) in [4.78, 5) is 27.3. The van der Waals surface area contributed by atoms with Gasteiger partial charge in [-0.25, -0.2) is 0 Å². The van der Waals surface area contributed by atoms with Gasteiger partial charge in [-0.2, -0.15) is 4.99 Å². The van der Waals surface area contributed by atoms with Crippen molar-refractivity contribution in [2.75, 3.05) is 0 Å². The summed E-state index contributed by atoms with van der Waals surface area (Å²) < 4.78 is 6.57. The van der Waals surface area contributed by atoms with Crippen molar-refractivity contribution < 1.29 is 14.3 Å². The molecule has 0 atom stereocenters. The third kappa shape index (κ3) is 5.22. The molecule has 27 heavy (non-hydrogen) atoms. The highest BCUT2D eigenvalue weighted by molar-refractivity contribution is 9.10. The average molecular weight is 466 g/mol. The average Bonchev–Trinajstić information content (AvgIpc) is 2.94. The van der Waals surface area contributed by atoms with Gasteiger partial charge in [-0.15, -0.1) is 0 Å². The molecule has 0 bridgehead atoms. The number of hydrogen-bond acceptors (Lipinski definition) is 4. The predicted molar refractivity (Wildman–Crippen MR) is 112 cm³/mol. The fourth-order valence-corrected chi connectivity index (χ4v) is 3.82. The summed E-state index contributed by atoms with van der Waals surface area (Å²) in [5, 5.41) is 3.46. The van der Waals surface area contributed by atoms with Gasteiger partial charge in [0.05, 0.1) is 9.38 Å². The third-order valence-corrected chi connectivity index (χ3v) is 5.39. The zero-order valence-corrected chi connectivity index (χ0v) is 17.3. The molecule has 0 saturated carbocycles. The van der Waals surface area contributed by atoms with Crippen LogP contribution in [0, 0.1) is 0 Å². The number of nitrogens with one attached hydrogen (secondary N) is 1. The first-order chi connectivity index (χ1) is 12.9. The van der Waals surface area contributed by atoms with E-state index >= 15 is 0 Å². The number of benzene rings is 2. The van der Waals surface area contributed by atoms with Gasteiger partial charge in [0.25, 0.3) is 5.91 Å². The highest BCUT2D eigenvalue weighted by atomic mass is 79.9. The number of thioether (sulfide) groups is 1. The van der Waals surface area contributed by atoms with Crippen LogP contribution in [0.2, 0.25) is 5.02 Å². The molecule has 2 amide bonds. The van der Waals surface area contributed by atoms with E-state index in [4.69, 9.17) is 16.3 Å². The number of carbonyl (C=O) groups excluding carboxylic acids is 2. The zero-order valence-electron chi connectivity index (χ0n) is 14.2. The van der Waals surface area contributed by atoms with Gasteiger partial charge in [0, 0.05) is 17.5 Å². The van der Waals surface area contributed by atoms with Crippen LogP contribution in [-0.2, 0) is 16.2 Å². The summed E-state index contributed by atoms with van der Waals surface area (Å²) in [7, 11) is 0. The lowest BCUT2D eigenvalue weighted by Crippen LogP contribution is -2.23. The van der Waals surface area contributed by atoms with E-state index in [2.05, 4.69) is 26.2 Å². The Balaban J connectivity index is 1.69. The van der Waals surface area contributed by atoms with Crippen molar-refractivity contribution in [3.05, 3.63) is 68.0 Å². The van der Waals surface area contributed by atoms with Gasteiger partial charge in [0.2, 0.25) is 5.91 Å². The maximum Gasteiger partial charge on any atom is 0.286 e. The Bertz CT molecular complexity index is 975. The molecular formula is C19H14BrClN2O3S. The number of aliphatic imine (C=N–C) groups is 1. The predicted octanol–water partition coefficient (Wildman–Crippen LogP) is 4.79. The van der Waals surface area contributed by atoms with E-state index in [-0.39, 0.29) is 17.0 Å². The second kappa shape index (κ2) is 8.73. The number of ether oxygens (including phenoxy) is 1. The monoisotopic (exact) mass is 464 g/mol. The van der Waals surface area contributed by atoms with Crippen molar-refractivity contribution in [3.63, 3.8) is 0 Å². The molecular weight excluding hydrogens is 452 g/mol. The van der Waals surface area contributed by atoms with Crippen molar-refractivity contribution in [1.29, 1.82) is 0 Å². The van der Waals surface area contributed by atoms with Crippen LogP contribution < -0.4 is 10.1 Å². The standard InChI is InChI=1S/C19H14BrClN2O3S/c1-11(24)22-19-23-18(25)17(27-19)9-12-6-7-16(14(20)8-12)26-10-13-4-2-3-5-15(13)21/h2-9H,10H2,1H3,(H,22,23,24,25). The molecule has 1 aliphatic heterocycles. The van der Waals surface area contributed by atoms with Crippen LogP contribution in [-0.4, -0.2) is 17.0 Å². The maximum absolute atomic E-state index is 11.9. The van der Waals surface area contributed by atoms with E-state index in [9.17, 15) is 9.59 Å². The Kier molecular flexibility index (Phi) is 6.36. The Morgan fingerprint density at radius 3 is 2.81 bits per heavy atom. The van der Waals surface area contributed by atoms with Crippen LogP contribution in [0.25, 0.3) is 6.08 Å². The number of amides is 2. The van der Waals surface area contributed by atoms with Gasteiger partial charge >= 0.3 is 0 Å². The Labute approximate surface area is 174 Å². The largest absolute Gasteiger partial charge is 0.488 e. The molecule has 1 heterocycles. The minimum absolute atomic E-state index is 0.266. The van der Waals surface area contributed by atoms with Crippen molar-refractivity contribution in [2.45, 2.75) is 13.5 Å². The molecule has 0 aliphatic carbocycles. The third-order valence-electron chi connectivity index (χ3n) is 3.50. The van der Waals surface area contributed by atoms with E-state index < -0.39 is 0 Å². The molecule has 2 aromatic carbocycles. The van der Waals surface area contributed by atoms with Crippen LogP contribution in [0.15, 0.2) is 56.8 Å². The molecule has 0 aromatic heterocycles. The van der Waals surface area contributed by atoms with Crippen molar-refractivity contribution in [1.82, 2.24) is 5.32 Å². The van der Waals surface area contributed by atoms with E-state index in [0.29, 0.717) is 22.3 Å². The first kappa shape index (κ1) is 19.7. The first-order valence-electron chi connectivity index (χ1n) is 7.88. The van der Waals surface area contributed by atoms with Gasteiger partial charge in [-0.05, 0) is 57.5 Å². The van der Waals surface area contributed by atoms with Crippen LogP contribution in [0.3, 0.4) is 0 Å². The van der Waals surface area contributed by atoms with Crippen LogP contribution in [0.5, 0.6) is 5.75 Å². The second-order valence-corrected chi connectivity index (χ2v) is 7.88. The molecule has 8 heteroatoms. The number of nitrogens with zero attached hydrogens (tertiary/aromatic N) is 1. The van der Waals surface area contributed by atoms with Gasteiger partial charge in [-0.1, -0.05) is 35.9 Å². The lowest BCUT2D eigenvalue weighted by molar-refractivity contribution is -0.117. The lowest BCUT2D eigenvalue weighted by Gasteiger charge is -2.10. The minimum atomic E-state index is -0.376. The van der Waals surface area contributed by atoms with Gasteiger partial charge < -0.3 is 10.1 Å². The molecule has 0 radical (unpaired) electrons. The van der Waals surface area contributed by atoms with Gasteiger partial charge in [0.15, 0.2) is 5.17 Å². The summed E-state index contributed by atoms with van der Waals surface area (Å²) in [5.74, 6) is 0.0228. The highest BCUT2D eigenvalue weighted by Crippen LogP contribution is 2.31.